The van der Waals surface area contributed by atoms with E-state index in [1.807, 2.05) is 19.1 Å². The molecule has 2 aromatic rings. The van der Waals surface area contributed by atoms with Crippen molar-refractivity contribution in [1.82, 2.24) is 10.2 Å². The number of carbonyl (C=O) groups excluding carboxylic acids is 2. The Morgan fingerprint density at radius 3 is 2.48 bits per heavy atom. The summed E-state index contributed by atoms with van der Waals surface area (Å²) in [5, 5.41) is 2.56. The lowest BCUT2D eigenvalue weighted by molar-refractivity contribution is -0.123. The van der Waals surface area contributed by atoms with Gasteiger partial charge in [-0.05, 0) is 81.9 Å². The van der Waals surface area contributed by atoms with Crippen LogP contribution in [0.25, 0.3) is 6.08 Å². The van der Waals surface area contributed by atoms with E-state index < -0.39 is 17.8 Å². The Bertz CT molecular complexity index is 923. The normalized spacial score (nSPS) is 15.4. The lowest BCUT2D eigenvalue weighted by atomic mass is 10.1. The monoisotopic (exact) mass is 592 g/mol. The van der Waals surface area contributed by atoms with E-state index in [0.717, 1.165) is 23.4 Å². The molecule has 0 bridgehead atoms. The zero-order valence-electron chi connectivity index (χ0n) is 14.3. The van der Waals surface area contributed by atoms with Gasteiger partial charge >= 0.3 is 6.03 Å². The van der Waals surface area contributed by atoms with Gasteiger partial charge in [-0.25, -0.2) is 9.18 Å². The van der Waals surface area contributed by atoms with Gasteiger partial charge in [0.15, 0.2) is 0 Å². The number of nitrogens with zero attached hydrogens (tertiary/aromatic N) is 1. The molecule has 8 heteroatoms. The summed E-state index contributed by atoms with van der Waals surface area (Å²) in [6.45, 7) is 2.36. The van der Waals surface area contributed by atoms with E-state index in [2.05, 4.69) is 50.5 Å². The topological polar surface area (TPSA) is 58.6 Å². The summed E-state index contributed by atoms with van der Waals surface area (Å²) in [6, 6.07) is 9.26. The maximum atomic E-state index is 13.8. The zero-order chi connectivity index (χ0) is 19.6. The van der Waals surface area contributed by atoms with Crippen molar-refractivity contribution in [2.24, 2.45) is 0 Å². The second-order valence-electron chi connectivity index (χ2n) is 5.72. The van der Waals surface area contributed by atoms with E-state index in [-0.39, 0.29) is 17.8 Å². The lowest BCUT2D eigenvalue weighted by Gasteiger charge is -2.12. The number of rotatable bonds is 5. The van der Waals surface area contributed by atoms with Gasteiger partial charge in [0.05, 0.1) is 20.3 Å². The number of ether oxygens (including phenoxy) is 1. The lowest BCUT2D eigenvalue weighted by Crippen LogP contribution is -2.30. The summed E-state index contributed by atoms with van der Waals surface area (Å²) in [5.74, 6) is -0.142. The summed E-state index contributed by atoms with van der Waals surface area (Å²) < 4.78 is 21.3. The van der Waals surface area contributed by atoms with Crippen LogP contribution < -0.4 is 10.1 Å². The number of halogens is 3. The molecule has 1 aliphatic rings. The Hall–Kier alpha value is -1.69. The number of hydrogen-bond acceptors (Lipinski definition) is 3. The molecule has 0 saturated carbocycles. The average Bonchev–Trinajstić information content (AvgIpc) is 2.87. The van der Waals surface area contributed by atoms with Crippen LogP contribution in [0.2, 0.25) is 0 Å². The fourth-order valence-corrected chi connectivity index (χ4v) is 4.75. The number of nitrogens with one attached hydrogen (secondary N) is 1. The van der Waals surface area contributed by atoms with Crippen LogP contribution in [-0.4, -0.2) is 23.4 Å². The molecule has 0 spiro atoms. The number of benzene rings is 2. The predicted molar refractivity (Wildman–Crippen MR) is 117 cm³/mol. The summed E-state index contributed by atoms with van der Waals surface area (Å²) in [4.78, 5) is 25.8. The molecule has 1 fully saturated rings. The van der Waals surface area contributed by atoms with Crippen molar-refractivity contribution in [2.45, 2.75) is 13.5 Å². The Labute approximate surface area is 183 Å². The second-order valence-corrected chi connectivity index (χ2v) is 8.04. The number of hydrogen-bond donors (Lipinski definition) is 1. The van der Waals surface area contributed by atoms with Crippen LogP contribution in [0.5, 0.6) is 5.75 Å². The van der Waals surface area contributed by atoms with E-state index >= 15 is 0 Å². The molecule has 3 rings (SSSR count). The van der Waals surface area contributed by atoms with Gasteiger partial charge in [-0.2, -0.15) is 0 Å². The molecule has 0 aliphatic carbocycles. The second kappa shape index (κ2) is 8.55. The van der Waals surface area contributed by atoms with Crippen molar-refractivity contribution in [2.75, 3.05) is 6.61 Å². The quantitative estimate of drug-likeness (QED) is 0.316. The van der Waals surface area contributed by atoms with Crippen molar-refractivity contribution in [3.05, 3.63) is 66.2 Å². The van der Waals surface area contributed by atoms with Crippen LogP contribution in [0.4, 0.5) is 9.18 Å². The van der Waals surface area contributed by atoms with Crippen molar-refractivity contribution in [3.63, 3.8) is 0 Å². The van der Waals surface area contributed by atoms with Gasteiger partial charge in [0.25, 0.3) is 5.91 Å². The maximum absolute atomic E-state index is 13.8. The highest BCUT2D eigenvalue weighted by Gasteiger charge is 2.34. The molecule has 1 saturated heterocycles. The average molecular weight is 592 g/mol. The summed E-state index contributed by atoms with van der Waals surface area (Å²) in [6.07, 6.45) is 1.61. The third kappa shape index (κ3) is 4.42. The first-order valence-corrected chi connectivity index (χ1v) is 10.3. The molecule has 0 aromatic heterocycles. The van der Waals surface area contributed by atoms with Crippen molar-refractivity contribution >= 4 is 63.2 Å². The fourth-order valence-electron chi connectivity index (χ4n) is 2.62. The Balaban J connectivity index is 1.85. The molecule has 1 heterocycles. The number of urea groups is 1. The Morgan fingerprint density at radius 1 is 1.19 bits per heavy atom. The largest absolute Gasteiger partial charge is 0.492 e. The van der Waals surface area contributed by atoms with Crippen LogP contribution in [0.15, 0.2) is 42.1 Å². The maximum Gasteiger partial charge on any atom is 0.329 e. The standard InChI is InChI=1S/C19H15FI2N2O3/c1-2-27-17-14(21)7-11(8-15(17)22)9-16-18(25)24(19(26)23-16)10-12-5-3-4-6-13(12)20/h3-9H,2,10H2,1H3,(H,23,26)/b16-9+. The highest BCUT2D eigenvalue weighted by molar-refractivity contribution is 14.1. The molecule has 27 heavy (non-hydrogen) atoms. The van der Waals surface area contributed by atoms with Gasteiger partial charge in [-0.3, -0.25) is 9.69 Å². The first-order valence-electron chi connectivity index (χ1n) is 8.10. The van der Waals surface area contributed by atoms with Crippen molar-refractivity contribution in [1.29, 1.82) is 0 Å². The predicted octanol–water partition coefficient (Wildman–Crippen LogP) is 4.53. The molecule has 1 aliphatic heterocycles. The van der Waals surface area contributed by atoms with Crippen molar-refractivity contribution < 1.29 is 18.7 Å². The van der Waals surface area contributed by atoms with Crippen molar-refractivity contribution in [3.8, 4) is 5.75 Å². The van der Waals surface area contributed by atoms with Crippen LogP contribution in [0, 0.1) is 13.0 Å². The van der Waals surface area contributed by atoms with Crippen LogP contribution in [-0.2, 0) is 11.3 Å². The highest BCUT2D eigenvalue weighted by Crippen LogP contribution is 2.30. The highest BCUT2D eigenvalue weighted by atomic mass is 127. The molecule has 1 N–H and O–H groups in total. The van der Waals surface area contributed by atoms with E-state index in [4.69, 9.17) is 4.74 Å². The SMILES string of the molecule is CCOc1c(I)cc(/C=C2/NC(=O)N(Cc3ccccc3F)C2=O)cc1I. The van der Waals surface area contributed by atoms with E-state index in [1.54, 1.807) is 24.3 Å². The molecule has 3 amide bonds. The van der Waals surface area contributed by atoms with Gasteiger partial charge in [-0.1, -0.05) is 18.2 Å². The third-order valence-corrected chi connectivity index (χ3v) is 5.47. The molecule has 2 aromatic carbocycles. The van der Waals surface area contributed by atoms with Crippen LogP contribution in [0.1, 0.15) is 18.1 Å². The minimum absolute atomic E-state index is 0.118. The minimum Gasteiger partial charge on any atom is -0.492 e. The first kappa shape index (κ1) is 20.1. The van der Waals surface area contributed by atoms with E-state index in [0.29, 0.717) is 6.61 Å². The molecule has 0 unspecified atom stereocenters. The number of imide groups is 1. The Kier molecular flexibility index (Phi) is 6.35. The van der Waals surface area contributed by atoms with Crippen LogP contribution >= 0.6 is 45.2 Å². The van der Waals surface area contributed by atoms with Gasteiger partial charge in [0.2, 0.25) is 0 Å². The number of amides is 3. The summed E-state index contributed by atoms with van der Waals surface area (Å²) in [7, 11) is 0. The van der Waals surface area contributed by atoms with Gasteiger partial charge < -0.3 is 10.1 Å². The third-order valence-electron chi connectivity index (χ3n) is 3.87. The summed E-state index contributed by atoms with van der Waals surface area (Å²) in [5.41, 5.74) is 1.21. The molecule has 5 nitrogen and oxygen atoms in total. The van der Waals surface area contributed by atoms with Gasteiger partial charge in [0, 0.05) is 5.56 Å². The van der Waals surface area contributed by atoms with Crippen LogP contribution in [0.3, 0.4) is 0 Å². The zero-order valence-corrected chi connectivity index (χ0v) is 18.6. The smallest absolute Gasteiger partial charge is 0.329 e. The van der Waals surface area contributed by atoms with Gasteiger partial charge in [-0.15, -0.1) is 0 Å². The molecule has 0 radical (unpaired) electrons. The molecular formula is C19H15FI2N2O3. The summed E-state index contributed by atoms with van der Waals surface area (Å²) >= 11 is 4.34. The fraction of sp³-hybridized carbons (Fsp3) is 0.158. The Morgan fingerprint density at radius 2 is 1.85 bits per heavy atom. The van der Waals surface area contributed by atoms with E-state index in [1.165, 1.54) is 6.07 Å². The number of carbonyl (C=O) groups is 2. The van der Waals surface area contributed by atoms with Gasteiger partial charge in [0.1, 0.15) is 17.3 Å². The molecular weight excluding hydrogens is 577 g/mol. The molecule has 0 atom stereocenters. The first-order chi connectivity index (χ1) is 12.9. The molecule has 140 valence electrons. The minimum atomic E-state index is -0.565. The van der Waals surface area contributed by atoms with E-state index in [9.17, 15) is 14.0 Å².